The molecule has 0 saturated heterocycles. The van der Waals surface area contributed by atoms with Crippen molar-refractivity contribution in [2.24, 2.45) is 0 Å². The molecule has 72 valence electrons. The minimum absolute atomic E-state index is 0.0407. The van der Waals surface area contributed by atoms with E-state index in [0.717, 1.165) is 0 Å². The van der Waals surface area contributed by atoms with Crippen LogP contribution in [0.15, 0.2) is 6.07 Å². The zero-order valence-electron chi connectivity index (χ0n) is 8.09. The predicted molar refractivity (Wildman–Crippen MR) is 51.0 cm³/mol. The van der Waals surface area contributed by atoms with Crippen molar-refractivity contribution in [1.29, 1.82) is 0 Å². The summed E-state index contributed by atoms with van der Waals surface area (Å²) in [4.78, 5) is 13.3. The average molecular weight is 182 g/mol. The van der Waals surface area contributed by atoms with Gasteiger partial charge in [-0.2, -0.15) is 5.10 Å². The van der Waals surface area contributed by atoms with Crippen molar-refractivity contribution in [1.82, 2.24) is 15.1 Å². The molecule has 0 aliphatic heterocycles. The zero-order valence-corrected chi connectivity index (χ0v) is 8.09. The zero-order chi connectivity index (χ0) is 9.84. The molecule has 1 aromatic rings. The Bertz CT molecular complexity index is 292. The summed E-state index contributed by atoms with van der Waals surface area (Å²) < 4.78 is 0. The first kappa shape index (κ1) is 9.73. The number of likely N-dealkylation sites (N-methyl/N-ethyl adjacent to an activating group) is 1. The number of anilines is 1. The standard InChI is InChI=1S/C8H14N4O/c1-9-8-4-6(10-11-8)7(13)5-12(2)3/h4H,5H2,1-3H3,(H2,9,10,11). The van der Waals surface area contributed by atoms with Crippen LogP contribution in [0.25, 0.3) is 0 Å². The number of nitrogens with zero attached hydrogens (tertiary/aromatic N) is 2. The molecule has 0 spiro atoms. The molecule has 0 atom stereocenters. The predicted octanol–water partition coefficient (Wildman–Crippen LogP) is 0.196. The van der Waals surface area contributed by atoms with Gasteiger partial charge in [0.05, 0.1) is 6.54 Å². The van der Waals surface area contributed by atoms with Gasteiger partial charge in [0.1, 0.15) is 11.5 Å². The van der Waals surface area contributed by atoms with Crippen molar-refractivity contribution >= 4 is 11.6 Å². The summed E-state index contributed by atoms with van der Waals surface area (Å²) in [6.07, 6.45) is 0. The third-order valence-electron chi connectivity index (χ3n) is 1.59. The maximum Gasteiger partial charge on any atom is 0.194 e. The second-order valence-electron chi connectivity index (χ2n) is 3.08. The molecule has 0 aromatic carbocycles. The van der Waals surface area contributed by atoms with E-state index in [0.29, 0.717) is 18.1 Å². The molecule has 2 N–H and O–H groups in total. The lowest BCUT2D eigenvalue weighted by molar-refractivity contribution is 0.0953. The van der Waals surface area contributed by atoms with E-state index in [-0.39, 0.29) is 5.78 Å². The maximum atomic E-state index is 11.4. The first-order chi connectivity index (χ1) is 6.13. The monoisotopic (exact) mass is 182 g/mol. The van der Waals surface area contributed by atoms with Gasteiger partial charge in [-0.25, -0.2) is 0 Å². The van der Waals surface area contributed by atoms with Gasteiger partial charge < -0.3 is 10.2 Å². The fourth-order valence-electron chi connectivity index (χ4n) is 0.965. The van der Waals surface area contributed by atoms with Gasteiger partial charge in [-0.1, -0.05) is 0 Å². The lowest BCUT2D eigenvalue weighted by Crippen LogP contribution is -2.21. The van der Waals surface area contributed by atoms with Crippen LogP contribution in [0, 0.1) is 0 Å². The van der Waals surface area contributed by atoms with E-state index >= 15 is 0 Å². The number of H-pyrrole nitrogens is 1. The summed E-state index contributed by atoms with van der Waals surface area (Å²) in [6.45, 7) is 0.394. The minimum Gasteiger partial charge on any atom is -0.372 e. The molecule has 0 saturated carbocycles. The van der Waals surface area contributed by atoms with Crippen molar-refractivity contribution in [3.8, 4) is 0 Å². The van der Waals surface area contributed by atoms with Gasteiger partial charge in [-0.3, -0.25) is 9.89 Å². The fourth-order valence-corrected chi connectivity index (χ4v) is 0.965. The summed E-state index contributed by atoms with van der Waals surface area (Å²) in [5.74, 6) is 0.723. The molecule has 1 aromatic heterocycles. The smallest absolute Gasteiger partial charge is 0.194 e. The molecule has 0 unspecified atom stereocenters. The second kappa shape index (κ2) is 4.04. The van der Waals surface area contributed by atoms with E-state index in [9.17, 15) is 4.79 Å². The number of nitrogens with one attached hydrogen (secondary N) is 2. The number of hydrogen-bond acceptors (Lipinski definition) is 4. The first-order valence-electron chi connectivity index (χ1n) is 4.04. The van der Waals surface area contributed by atoms with Gasteiger partial charge in [0.15, 0.2) is 5.78 Å². The number of ketones is 1. The van der Waals surface area contributed by atoms with Crippen LogP contribution in [0.3, 0.4) is 0 Å². The Morgan fingerprint density at radius 1 is 1.69 bits per heavy atom. The van der Waals surface area contributed by atoms with Crippen LogP contribution in [-0.2, 0) is 0 Å². The fraction of sp³-hybridized carbons (Fsp3) is 0.500. The molecule has 0 bridgehead atoms. The van der Waals surface area contributed by atoms with E-state index in [1.54, 1.807) is 13.1 Å². The molecule has 0 aliphatic carbocycles. The second-order valence-corrected chi connectivity index (χ2v) is 3.08. The summed E-state index contributed by atoms with van der Waals surface area (Å²) in [6, 6.07) is 1.70. The number of carbonyl (C=O) groups excluding carboxylic acids is 1. The van der Waals surface area contributed by atoms with Crippen LogP contribution >= 0.6 is 0 Å². The van der Waals surface area contributed by atoms with Crippen molar-refractivity contribution < 1.29 is 4.79 Å². The number of Topliss-reactive ketones (excluding diaryl/α,β-unsaturated/α-hetero) is 1. The van der Waals surface area contributed by atoms with Gasteiger partial charge in [0.2, 0.25) is 0 Å². The van der Waals surface area contributed by atoms with Gasteiger partial charge >= 0.3 is 0 Å². The van der Waals surface area contributed by atoms with Gasteiger partial charge in [0, 0.05) is 13.1 Å². The number of rotatable bonds is 4. The average Bonchev–Trinajstić information content (AvgIpc) is 2.50. The SMILES string of the molecule is CNc1cc(C(=O)CN(C)C)[nH]n1. The highest BCUT2D eigenvalue weighted by Gasteiger charge is 2.09. The largest absolute Gasteiger partial charge is 0.372 e. The third-order valence-corrected chi connectivity index (χ3v) is 1.59. The molecule has 13 heavy (non-hydrogen) atoms. The molecule has 0 amide bonds. The van der Waals surface area contributed by atoms with E-state index in [4.69, 9.17) is 0 Å². The van der Waals surface area contributed by atoms with Crippen LogP contribution < -0.4 is 5.32 Å². The van der Waals surface area contributed by atoms with E-state index < -0.39 is 0 Å². The number of aromatic nitrogens is 2. The van der Waals surface area contributed by atoms with E-state index in [1.165, 1.54) is 0 Å². The number of hydrogen-bond donors (Lipinski definition) is 2. The molecule has 0 radical (unpaired) electrons. The third kappa shape index (κ3) is 2.55. The highest BCUT2D eigenvalue weighted by atomic mass is 16.1. The Labute approximate surface area is 77.1 Å². The maximum absolute atomic E-state index is 11.4. The first-order valence-corrected chi connectivity index (χ1v) is 4.04. The number of carbonyl (C=O) groups is 1. The van der Waals surface area contributed by atoms with Crippen LogP contribution in [0.5, 0.6) is 0 Å². The van der Waals surface area contributed by atoms with Gasteiger partial charge in [0.25, 0.3) is 0 Å². The number of aromatic amines is 1. The highest BCUT2D eigenvalue weighted by Crippen LogP contribution is 2.04. The Kier molecular flexibility index (Phi) is 3.02. The summed E-state index contributed by atoms with van der Waals surface area (Å²) in [5.41, 5.74) is 0.540. The molecule has 0 aliphatic rings. The molecule has 5 heteroatoms. The summed E-state index contributed by atoms with van der Waals surface area (Å²) >= 11 is 0. The van der Waals surface area contributed by atoms with Crippen molar-refractivity contribution in [3.63, 3.8) is 0 Å². The minimum atomic E-state index is 0.0407. The van der Waals surface area contributed by atoms with E-state index in [1.807, 2.05) is 19.0 Å². The van der Waals surface area contributed by atoms with Crippen LogP contribution in [0.4, 0.5) is 5.82 Å². The molecular weight excluding hydrogens is 168 g/mol. The normalized spacial score (nSPS) is 10.5. The molecular formula is C8H14N4O. The van der Waals surface area contributed by atoms with Crippen LogP contribution in [-0.4, -0.2) is 48.6 Å². The van der Waals surface area contributed by atoms with E-state index in [2.05, 4.69) is 15.5 Å². The Morgan fingerprint density at radius 2 is 2.38 bits per heavy atom. The quantitative estimate of drug-likeness (QED) is 0.653. The van der Waals surface area contributed by atoms with Crippen LogP contribution in [0.1, 0.15) is 10.5 Å². The van der Waals surface area contributed by atoms with Crippen molar-refractivity contribution in [3.05, 3.63) is 11.8 Å². The molecule has 1 rings (SSSR count). The molecule has 5 nitrogen and oxygen atoms in total. The summed E-state index contributed by atoms with van der Waals surface area (Å²) in [7, 11) is 5.47. The molecule has 1 heterocycles. The lowest BCUT2D eigenvalue weighted by Gasteiger charge is -2.05. The molecule has 0 fully saturated rings. The van der Waals surface area contributed by atoms with Gasteiger partial charge in [-0.15, -0.1) is 0 Å². The van der Waals surface area contributed by atoms with Gasteiger partial charge in [-0.05, 0) is 14.1 Å². The Hall–Kier alpha value is -1.36. The lowest BCUT2D eigenvalue weighted by atomic mass is 10.3. The van der Waals surface area contributed by atoms with Crippen molar-refractivity contribution in [2.75, 3.05) is 33.0 Å². The Balaban J connectivity index is 2.66. The topological polar surface area (TPSA) is 61.0 Å². The highest BCUT2D eigenvalue weighted by molar-refractivity contribution is 5.96. The van der Waals surface area contributed by atoms with Crippen LogP contribution in [0.2, 0.25) is 0 Å². The summed E-state index contributed by atoms with van der Waals surface area (Å²) in [5, 5.41) is 9.41. The van der Waals surface area contributed by atoms with Crippen molar-refractivity contribution in [2.45, 2.75) is 0 Å². The Morgan fingerprint density at radius 3 is 2.85 bits per heavy atom.